The average Bonchev–Trinajstić information content (AvgIpc) is 3.23. The van der Waals surface area contributed by atoms with E-state index in [1.54, 1.807) is 25.6 Å². The minimum atomic E-state index is -0.252. The summed E-state index contributed by atoms with van der Waals surface area (Å²) in [6.45, 7) is 6.36. The van der Waals surface area contributed by atoms with Gasteiger partial charge in [0.25, 0.3) is 0 Å². The third-order valence-electron chi connectivity index (χ3n) is 5.48. The fourth-order valence-electron chi connectivity index (χ4n) is 3.78. The van der Waals surface area contributed by atoms with Crippen LogP contribution >= 0.6 is 0 Å². The molecule has 0 fully saturated rings. The van der Waals surface area contributed by atoms with Gasteiger partial charge in [-0.3, -0.25) is 9.38 Å². The van der Waals surface area contributed by atoms with Crippen LogP contribution < -0.4 is 4.74 Å². The first kappa shape index (κ1) is 20.0. The Hall–Kier alpha value is -3.28. The lowest BCUT2D eigenvalue weighted by molar-refractivity contribution is 0.404. The average molecular weight is 404 g/mol. The maximum Gasteiger partial charge on any atom is 0.168 e. The van der Waals surface area contributed by atoms with Crippen LogP contribution in [0.15, 0.2) is 48.9 Å². The number of rotatable bonds is 6. The molecule has 0 aliphatic carbocycles. The van der Waals surface area contributed by atoms with Gasteiger partial charge in [0.15, 0.2) is 5.65 Å². The maximum atomic E-state index is 14.3. The van der Waals surface area contributed by atoms with Crippen molar-refractivity contribution in [2.24, 2.45) is 0 Å². The van der Waals surface area contributed by atoms with Crippen LogP contribution in [0.4, 0.5) is 4.39 Å². The molecule has 0 bridgehead atoms. The van der Waals surface area contributed by atoms with Gasteiger partial charge >= 0.3 is 0 Å². The number of fused-ring (bicyclic) bond motifs is 1. The van der Waals surface area contributed by atoms with E-state index < -0.39 is 0 Å². The Morgan fingerprint density at radius 2 is 1.93 bits per heavy atom. The minimum Gasteiger partial charge on any atom is -0.496 e. The van der Waals surface area contributed by atoms with Gasteiger partial charge in [-0.25, -0.2) is 4.39 Å². The van der Waals surface area contributed by atoms with Gasteiger partial charge in [0, 0.05) is 34.3 Å². The number of aromatic nitrogens is 4. The van der Waals surface area contributed by atoms with E-state index in [2.05, 4.69) is 54.2 Å². The van der Waals surface area contributed by atoms with Crippen LogP contribution in [0.25, 0.3) is 16.8 Å². The van der Waals surface area contributed by atoms with E-state index >= 15 is 0 Å². The summed E-state index contributed by atoms with van der Waals surface area (Å²) in [5.41, 5.74) is 6.62. The van der Waals surface area contributed by atoms with E-state index in [9.17, 15) is 4.39 Å². The molecule has 0 spiro atoms. The van der Waals surface area contributed by atoms with E-state index in [0.29, 0.717) is 30.1 Å². The number of pyridine rings is 2. The summed E-state index contributed by atoms with van der Waals surface area (Å²) >= 11 is 0. The molecule has 0 radical (unpaired) electrons. The molecule has 0 N–H and O–H groups in total. The molecule has 0 atom stereocenters. The molecule has 4 aromatic rings. The molecule has 0 amide bonds. The summed E-state index contributed by atoms with van der Waals surface area (Å²) in [6, 6.07) is 11.1. The second kappa shape index (κ2) is 8.22. The number of hydrogen-bond acceptors (Lipinski definition) is 4. The lowest BCUT2D eigenvalue weighted by Crippen LogP contribution is -2.03. The molecule has 3 aromatic heterocycles. The molecular formula is C24H25FN4O. The van der Waals surface area contributed by atoms with Gasteiger partial charge in [0.05, 0.1) is 7.11 Å². The first-order valence-electron chi connectivity index (χ1n) is 10.1. The van der Waals surface area contributed by atoms with Gasteiger partial charge in [-0.1, -0.05) is 19.9 Å². The van der Waals surface area contributed by atoms with Gasteiger partial charge in [-0.2, -0.15) is 0 Å². The number of nitrogens with zero attached hydrogens (tertiary/aromatic N) is 4. The number of halogens is 1. The van der Waals surface area contributed by atoms with Crippen LogP contribution in [0.3, 0.4) is 0 Å². The summed E-state index contributed by atoms with van der Waals surface area (Å²) in [5, 5.41) is 8.47. The molecule has 154 valence electrons. The number of methoxy groups -OCH3 is 1. The van der Waals surface area contributed by atoms with Crippen LogP contribution in [0.1, 0.15) is 42.3 Å². The summed E-state index contributed by atoms with van der Waals surface area (Å²) in [4.78, 5) is 4.62. The first-order chi connectivity index (χ1) is 14.5. The summed E-state index contributed by atoms with van der Waals surface area (Å²) in [6.07, 6.45) is 4.78. The fourth-order valence-corrected chi connectivity index (χ4v) is 3.78. The standard InChI is InChI=1S/C24H25FN4O/c1-15(2)22-12-16(3)20(13-26-22)18-10-8-17(29-14-27-28-24(18)29)9-11-19-21(25)6-5-7-23(19)30-4/h5-8,10,12-15H,9,11H2,1-4H3. The third kappa shape index (κ3) is 3.65. The van der Waals surface area contributed by atoms with Crippen molar-refractivity contribution >= 4 is 5.65 Å². The smallest absolute Gasteiger partial charge is 0.168 e. The molecule has 1 aromatic carbocycles. The molecule has 4 rings (SSSR count). The van der Waals surface area contributed by atoms with Crippen molar-refractivity contribution in [2.45, 2.75) is 39.5 Å². The zero-order valence-corrected chi connectivity index (χ0v) is 17.7. The molecule has 0 aliphatic rings. The van der Waals surface area contributed by atoms with Crippen molar-refractivity contribution in [3.05, 3.63) is 77.3 Å². The highest BCUT2D eigenvalue weighted by molar-refractivity contribution is 5.79. The Bertz CT molecular complexity index is 1200. The molecule has 0 unspecified atom stereocenters. The third-order valence-corrected chi connectivity index (χ3v) is 5.48. The lowest BCUT2D eigenvalue weighted by Gasteiger charge is -2.13. The summed E-state index contributed by atoms with van der Waals surface area (Å²) in [7, 11) is 1.56. The predicted octanol–water partition coefficient (Wildman–Crippen LogP) is 5.16. The Morgan fingerprint density at radius 3 is 2.67 bits per heavy atom. The van der Waals surface area contributed by atoms with Crippen molar-refractivity contribution in [3.8, 4) is 16.9 Å². The minimum absolute atomic E-state index is 0.252. The highest BCUT2D eigenvalue weighted by Gasteiger charge is 2.15. The van der Waals surface area contributed by atoms with Crippen LogP contribution in [0, 0.1) is 12.7 Å². The highest BCUT2D eigenvalue weighted by atomic mass is 19.1. The van der Waals surface area contributed by atoms with Crippen molar-refractivity contribution < 1.29 is 9.13 Å². The van der Waals surface area contributed by atoms with Gasteiger partial charge in [0.2, 0.25) is 0 Å². The molecule has 0 aliphatic heterocycles. The van der Waals surface area contributed by atoms with Gasteiger partial charge in [-0.05, 0) is 61.6 Å². The molecule has 0 saturated carbocycles. The van der Waals surface area contributed by atoms with Crippen molar-refractivity contribution in [2.75, 3.05) is 7.11 Å². The van der Waals surface area contributed by atoms with Crippen LogP contribution in [0.2, 0.25) is 0 Å². The monoisotopic (exact) mass is 404 g/mol. The molecule has 3 heterocycles. The van der Waals surface area contributed by atoms with Gasteiger partial charge < -0.3 is 4.74 Å². The second-order valence-corrected chi connectivity index (χ2v) is 7.76. The van der Waals surface area contributed by atoms with E-state index in [4.69, 9.17) is 4.74 Å². The molecule has 30 heavy (non-hydrogen) atoms. The predicted molar refractivity (Wildman–Crippen MR) is 115 cm³/mol. The number of ether oxygens (including phenoxy) is 1. The Balaban J connectivity index is 1.69. The second-order valence-electron chi connectivity index (χ2n) is 7.76. The SMILES string of the molecule is COc1cccc(F)c1CCc1ccc(-c2cnc(C(C)C)cc2C)c2nncn12. The highest BCUT2D eigenvalue weighted by Crippen LogP contribution is 2.29. The molecule has 5 nitrogen and oxygen atoms in total. The van der Waals surface area contributed by atoms with Crippen molar-refractivity contribution in [1.29, 1.82) is 0 Å². The van der Waals surface area contributed by atoms with E-state index in [1.165, 1.54) is 6.07 Å². The number of hydrogen-bond donors (Lipinski definition) is 0. The summed E-state index contributed by atoms with van der Waals surface area (Å²) < 4.78 is 21.6. The Kier molecular flexibility index (Phi) is 5.48. The largest absolute Gasteiger partial charge is 0.496 e. The lowest BCUT2D eigenvalue weighted by atomic mass is 9.99. The first-order valence-corrected chi connectivity index (χ1v) is 10.1. The number of aryl methyl sites for hydroxylation is 2. The fraction of sp³-hybridized carbons (Fsp3) is 0.292. The topological polar surface area (TPSA) is 52.3 Å². The van der Waals surface area contributed by atoms with Gasteiger partial charge in [-0.15, -0.1) is 10.2 Å². The Morgan fingerprint density at radius 1 is 1.10 bits per heavy atom. The van der Waals surface area contributed by atoms with Crippen LogP contribution in [-0.4, -0.2) is 26.7 Å². The summed E-state index contributed by atoms with van der Waals surface area (Å²) in [5.74, 6) is 0.695. The van der Waals surface area contributed by atoms with Crippen molar-refractivity contribution in [1.82, 2.24) is 19.6 Å². The van der Waals surface area contributed by atoms with E-state index in [-0.39, 0.29) is 5.82 Å². The maximum absolute atomic E-state index is 14.3. The Labute approximate surface area is 175 Å². The molecule has 6 heteroatoms. The zero-order chi connectivity index (χ0) is 21.3. The zero-order valence-electron chi connectivity index (χ0n) is 17.7. The normalized spacial score (nSPS) is 11.4. The van der Waals surface area contributed by atoms with Gasteiger partial charge in [0.1, 0.15) is 17.9 Å². The van der Waals surface area contributed by atoms with E-state index in [1.807, 2.05) is 10.6 Å². The number of benzene rings is 1. The molecular weight excluding hydrogens is 379 g/mol. The van der Waals surface area contributed by atoms with Crippen molar-refractivity contribution in [3.63, 3.8) is 0 Å². The van der Waals surface area contributed by atoms with E-state index in [0.717, 1.165) is 33.7 Å². The molecule has 0 saturated heterocycles. The van der Waals surface area contributed by atoms with Crippen LogP contribution in [-0.2, 0) is 12.8 Å². The quantitative estimate of drug-likeness (QED) is 0.446. The van der Waals surface area contributed by atoms with Crippen LogP contribution in [0.5, 0.6) is 5.75 Å².